The zero-order valence-electron chi connectivity index (χ0n) is 25.8. The monoisotopic (exact) mass is 586 g/mol. The molecule has 0 radical (unpaired) electrons. The maximum absolute atomic E-state index is 6.62. The Hall–Kier alpha value is -5.66. The highest BCUT2D eigenvalue weighted by molar-refractivity contribution is 6.19. The predicted molar refractivity (Wildman–Crippen MR) is 195 cm³/mol. The number of fused-ring (bicyclic) bond motifs is 10. The van der Waals surface area contributed by atoms with Gasteiger partial charge in [0.15, 0.2) is 0 Å². The molecular weight excluding hydrogens is 556 g/mol. The summed E-state index contributed by atoms with van der Waals surface area (Å²) in [5, 5.41) is 9.75. The van der Waals surface area contributed by atoms with Gasteiger partial charge in [0, 0.05) is 21.6 Å². The molecule has 0 saturated heterocycles. The van der Waals surface area contributed by atoms with E-state index in [1.807, 2.05) is 0 Å². The second-order valence-electron chi connectivity index (χ2n) is 13.3. The van der Waals surface area contributed by atoms with Gasteiger partial charge in [0.25, 0.3) is 0 Å². The first-order chi connectivity index (χ1) is 22.5. The highest BCUT2D eigenvalue weighted by Crippen LogP contribution is 2.55. The lowest BCUT2D eigenvalue weighted by Gasteiger charge is -2.23. The van der Waals surface area contributed by atoms with Gasteiger partial charge in [-0.15, -0.1) is 0 Å². The van der Waals surface area contributed by atoms with Crippen LogP contribution in [-0.2, 0) is 5.41 Å². The molecule has 1 aromatic heterocycles. The lowest BCUT2D eigenvalue weighted by molar-refractivity contribution is 0.661. The smallest absolute Gasteiger partial charge is 0.143 e. The molecule has 0 fully saturated rings. The van der Waals surface area contributed by atoms with Crippen molar-refractivity contribution < 1.29 is 4.42 Å². The number of rotatable bonds is 2. The molecule has 0 unspecified atom stereocenters. The molecule has 1 heteroatoms. The lowest BCUT2D eigenvalue weighted by Crippen LogP contribution is -2.15. The van der Waals surface area contributed by atoms with Gasteiger partial charge < -0.3 is 4.42 Å². The molecule has 1 heterocycles. The van der Waals surface area contributed by atoms with Crippen molar-refractivity contribution in [3.63, 3.8) is 0 Å². The van der Waals surface area contributed by atoms with Gasteiger partial charge in [0.1, 0.15) is 11.2 Å². The second kappa shape index (κ2) is 9.19. The lowest BCUT2D eigenvalue weighted by atomic mass is 9.80. The minimum atomic E-state index is -0.168. The van der Waals surface area contributed by atoms with Crippen LogP contribution in [0.3, 0.4) is 0 Å². The summed E-state index contributed by atoms with van der Waals surface area (Å²) in [5.41, 5.74) is 12.1. The Balaban J connectivity index is 1.31. The number of benzene rings is 8. The zero-order valence-corrected chi connectivity index (χ0v) is 25.8. The Bertz CT molecular complexity index is 2720. The van der Waals surface area contributed by atoms with Gasteiger partial charge in [0.2, 0.25) is 0 Å². The highest BCUT2D eigenvalue weighted by atomic mass is 16.3. The molecule has 0 amide bonds. The molecule has 0 atom stereocenters. The minimum absolute atomic E-state index is 0.168. The summed E-state index contributed by atoms with van der Waals surface area (Å²) in [6.45, 7) is 4.78. The van der Waals surface area contributed by atoms with E-state index >= 15 is 0 Å². The van der Waals surface area contributed by atoms with E-state index in [-0.39, 0.29) is 5.41 Å². The van der Waals surface area contributed by atoms with E-state index in [0.29, 0.717) is 0 Å². The Morgan fingerprint density at radius 1 is 0.435 bits per heavy atom. The zero-order chi connectivity index (χ0) is 30.6. The van der Waals surface area contributed by atoms with E-state index in [4.69, 9.17) is 4.42 Å². The van der Waals surface area contributed by atoms with Gasteiger partial charge in [-0.25, -0.2) is 0 Å². The van der Waals surface area contributed by atoms with Gasteiger partial charge in [0.05, 0.1) is 0 Å². The van der Waals surface area contributed by atoms with Crippen molar-refractivity contribution in [3.8, 4) is 33.4 Å². The molecular formula is C45H30O. The van der Waals surface area contributed by atoms with Gasteiger partial charge in [-0.2, -0.15) is 0 Å². The molecule has 8 aromatic carbocycles. The Kier molecular flexibility index (Phi) is 5.12. The molecule has 0 saturated carbocycles. The van der Waals surface area contributed by atoms with E-state index in [9.17, 15) is 0 Å². The van der Waals surface area contributed by atoms with Crippen LogP contribution >= 0.6 is 0 Å². The molecule has 0 spiro atoms. The van der Waals surface area contributed by atoms with Gasteiger partial charge >= 0.3 is 0 Å². The minimum Gasteiger partial charge on any atom is -0.455 e. The fraction of sp³-hybridized carbons (Fsp3) is 0.0667. The Labute approximate surface area is 267 Å². The number of furan rings is 1. The van der Waals surface area contributed by atoms with Crippen LogP contribution in [0, 0.1) is 0 Å². The van der Waals surface area contributed by atoms with Crippen LogP contribution in [0.4, 0.5) is 0 Å². The highest BCUT2D eigenvalue weighted by Gasteiger charge is 2.38. The summed E-state index contributed by atoms with van der Waals surface area (Å²) in [7, 11) is 0. The van der Waals surface area contributed by atoms with Crippen LogP contribution in [0.1, 0.15) is 25.0 Å². The summed E-state index contributed by atoms with van der Waals surface area (Å²) >= 11 is 0. The number of hydrogen-bond donors (Lipinski definition) is 0. The van der Waals surface area contributed by atoms with Crippen LogP contribution < -0.4 is 0 Å². The van der Waals surface area contributed by atoms with E-state index < -0.39 is 0 Å². The maximum atomic E-state index is 6.62. The SMILES string of the molecule is CC1(C)c2cc3ccccc3cc2-c2c(-c3ccc4ccccc4c3)cc(-c3cccc4oc5c6ccccc6ccc5c34)cc21. The molecule has 10 rings (SSSR count). The average molecular weight is 587 g/mol. The topological polar surface area (TPSA) is 13.1 Å². The van der Waals surface area contributed by atoms with Crippen LogP contribution in [0.5, 0.6) is 0 Å². The van der Waals surface area contributed by atoms with Crippen molar-refractivity contribution in [1.82, 2.24) is 0 Å². The van der Waals surface area contributed by atoms with Crippen LogP contribution in [-0.4, -0.2) is 0 Å². The second-order valence-corrected chi connectivity index (χ2v) is 13.3. The molecule has 0 bridgehead atoms. The molecule has 0 N–H and O–H groups in total. The van der Waals surface area contributed by atoms with Crippen molar-refractivity contribution in [2.45, 2.75) is 19.3 Å². The van der Waals surface area contributed by atoms with Crippen molar-refractivity contribution >= 4 is 54.3 Å². The normalized spacial score (nSPS) is 13.6. The van der Waals surface area contributed by atoms with E-state index in [1.165, 1.54) is 76.8 Å². The molecule has 0 aliphatic heterocycles. The van der Waals surface area contributed by atoms with Crippen LogP contribution in [0.15, 0.2) is 150 Å². The number of hydrogen-bond acceptors (Lipinski definition) is 1. The van der Waals surface area contributed by atoms with Crippen molar-refractivity contribution in [3.05, 3.63) is 157 Å². The molecule has 1 aliphatic rings. The standard InChI is InChI=1S/C45H30O/c1-45(2)39-25-31-14-6-5-13-30(31)23-38(39)42-37(32-19-18-27-10-3-4-12-29(27)22-32)24-33(26-40(42)45)34-16-9-17-41-43(34)36-21-20-28-11-7-8-15-35(28)44(36)46-41/h3-26H,1-2H3. The molecule has 216 valence electrons. The quantitative estimate of drug-likeness (QED) is 0.196. The molecule has 9 aromatic rings. The van der Waals surface area contributed by atoms with Gasteiger partial charge in [-0.05, 0) is 114 Å². The first kappa shape index (κ1) is 25.6. The van der Waals surface area contributed by atoms with E-state index in [0.717, 1.165) is 21.9 Å². The fourth-order valence-electron chi connectivity index (χ4n) is 8.07. The molecule has 1 nitrogen and oxygen atoms in total. The third-order valence-corrected chi connectivity index (χ3v) is 10.4. The van der Waals surface area contributed by atoms with Crippen molar-refractivity contribution in [2.75, 3.05) is 0 Å². The predicted octanol–water partition coefficient (Wildman–Crippen LogP) is 12.7. The maximum Gasteiger partial charge on any atom is 0.143 e. The van der Waals surface area contributed by atoms with Gasteiger partial charge in [-0.3, -0.25) is 0 Å². The summed E-state index contributed by atoms with van der Waals surface area (Å²) in [6, 6.07) is 53.5. The first-order valence-electron chi connectivity index (χ1n) is 16.1. The van der Waals surface area contributed by atoms with Crippen LogP contribution in [0.2, 0.25) is 0 Å². The van der Waals surface area contributed by atoms with E-state index in [1.54, 1.807) is 0 Å². The van der Waals surface area contributed by atoms with Crippen LogP contribution in [0.25, 0.3) is 87.6 Å². The summed E-state index contributed by atoms with van der Waals surface area (Å²) in [6.07, 6.45) is 0. The van der Waals surface area contributed by atoms with E-state index in [2.05, 4.69) is 159 Å². The third kappa shape index (κ3) is 3.51. The first-order valence-corrected chi connectivity index (χ1v) is 16.1. The van der Waals surface area contributed by atoms with Crippen molar-refractivity contribution in [1.29, 1.82) is 0 Å². The van der Waals surface area contributed by atoms with Gasteiger partial charge in [-0.1, -0.05) is 117 Å². The third-order valence-electron chi connectivity index (χ3n) is 10.4. The summed E-state index contributed by atoms with van der Waals surface area (Å²) in [4.78, 5) is 0. The molecule has 1 aliphatic carbocycles. The molecule has 46 heavy (non-hydrogen) atoms. The summed E-state index contributed by atoms with van der Waals surface area (Å²) < 4.78 is 6.62. The Morgan fingerprint density at radius 2 is 1.13 bits per heavy atom. The largest absolute Gasteiger partial charge is 0.455 e. The van der Waals surface area contributed by atoms with Crippen molar-refractivity contribution in [2.24, 2.45) is 0 Å². The Morgan fingerprint density at radius 3 is 1.96 bits per heavy atom. The fourth-order valence-corrected chi connectivity index (χ4v) is 8.07. The average Bonchev–Trinajstić information content (AvgIpc) is 3.59. The summed E-state index contributed by atoms with van der Waals surface area (Å²) in [5.74, 6) is 0.